The molecule has 1 aromatic heterocycles. The Morgan fingerprint density at radius 1 is 0.917 bits per heavy atom. The summed E-state index contributed by atoms with van der Waals surface area (Å²) in [6.45, 7) is 1.54. The Balaban J connectivity index is 1.36. The highest BCUT2D eigenvalue weighted by molar-refractivity contribution is 5.89. The van der Waals surface area contributed by atoms with Crippen LogP contribution in [0.1, 0.15) is 5.56 Å². The molecule has 4 rings (SSSR count). The van der Waals surface area contributed by atoms with Crippen LogP contribution in [0.4, 0.5) is 33.9 Å². The molecule has 0 unspecified atom stereocenters. The molecule has 2 amide bonds. The summed E-state index contributed by atoms with van der Waals surface area (Å²) in [4.78, 5) is 16.0. The number of carbonyl (C=O) groups is 1. The van der Waals surface area contributed by atoms with Gasteiger partial charge in [0.2, 0.25) is 0 Å². The van der Waals surface area contributed by atoms with E-state index in [4.69, 9.17) is 9.47 Å². The maximum atomic E-state index is 13.5. The lowest BCUT2D eigenvalue weighted by molar-refractivity contribution is -0.139. The average molecular weight is 505 g/mol. The number of ether oxygens (including phenoxy) is 2. The van der Waals surface area contributed by atoms with Gasteiger partial charge < -0.3 is 24.6 Å². The maximum absolute atomic E-state index is 13.5. The van der Waals surface area contributed by atoms with Crippen molar-refractivity contribution in [1.29, 1.82) is 0 Å². The van der Waals surface area contributed by atoms with Crippen LogP contribution in [-0.2, 0) is 6.18 Å². The van der Waals surface area contributed by atoms with Crippen LogP contribution in [0.15, 0.2) is 48.5 Å². The van der Waals surface area contributed by atoms with Crippen LogP contribution in [0.5, 0.6) is 11.5 Å². The normalized spacial score (nSPS) is 13.9. The fourth-order valence-corrected chi connectivity index (χ4v) is 3.80. The molecule has 0 aliphatic carbocycles. The van der Waals surface area contributed by atoms with Crippen molar-refractivity contribution in [3.05, 3.63) is 59.9 Å². The van der Waals surface area contributed by atoms with Crippen LogP contribution in [0.25, 0.3) is 11.3 Å². The van der Waals surface area contributed by atoms with E-state index in [-0.39, 0.29) is 5.69 Å². The number of rotatable bonds is 5. The Morgan fingerprint density at radius 3 is 2.25 bits per heavy atom. The van der Waals surface area contributed by atoms with E-state index in [1.807, 2.05) is 23.1 Å². The second kappa shape index (κ2) is 10.3. The van der Waals surface area contributed by atoms with Crippen molar-refractivity contribution in [1.82, 2.24) is 15.1 Å². The summed E-state index contributed by atoms with van der Waals surface area (Å²) in [6.07, 6.45) is -4.85. The number of alkyl halides is 3. The van der Waals surface area contributed by atoms with Crippen molar-refractivity contribution >= 4 is 17.5 Å². The van der Waals surface area contributed by atoms with Gasteiger partial charge in [-0.2, -0.15) is 13.2 Å². The molecular weight excluding hydrogens is 482 g/mol. The summed E-state index contributed by atoms with van der Waals surface area (Å²) in [5.74, 6) is 0.415. The van der Waals surface area contributed by atoms with E-state index >= 15 is 0 Å². The van der Waals surface area contributed by atoms with E-state index in [9.17, 15) is 22.4 Å². The monoisotopic (exact) mass is 505 g/mol. The summed E-state index contributed by atoms with van der Waals surface area (Å²) >= 11 is 0. The first kappa shape index (κ1) is 25.0. The van der Waals surface area contributed by atoms with Gasteiger partial charge in [0, 0.05) is 37.4 Å². The van der Waals surface area contributed by atoms with Gasteiger partial charge >= 0.3 is 12.2 Å². The number of anilines is 2. The highest BCUT2D eigenvalue weighted by Gasteiger charge is 2.34. The molecule has 0 bridgehead atoms. The molecule has 2 aromatic carbocycles. The van der Waals surface area contributed by atoms with Gasteiger partial charge in [0.1, 0.15) is 5.82 Å². The minimum Gasteiger partial charge on any atom is -0.493 e. The number of urea groups is 1. The zero-order valence-electron chi connectivity index (χ0n) is 19.5. The third-order valence-electron chi connectivity index (χ3n) is 5.74. The number of carbonyl (C=O) groups excluding carboxylic acids is 1. The summed E-state index contributed by atoms with van der Waals surface area (Å²) in [5.41, 5.74) is -0.106. The molecule has 8 nitrogen and oxygen atoms in total. The van der Waals surface area contributed by atoms with Crippen molar-refractivity contribution < 1.29 is 31.8 Å². The number of amides is 2. The number of methoxy groups -OCH3 is 2. The molecule has 0 atom stereocenters. The van der Waals surface area contributed by atoms with Crippen molar-refractivity contribution in [2.45, 2.75) is 6.18 Å². The third kappa shape index (κ3) is 5.42. The first-order valence-corrected chi connectivity index (χ1v) is 10.9. The minimum absolute atomic E-state index is 0.132. The van der Waals surface area contributed by atoms with Crippen LogP contribution in [0.3, 0.4) is 0 Å². The molecule has 1 fully saturated rings. The van der Waals surface area contributed by atoms with Crippen molar-refractivity contribution in [3.8, 4) is 22.8 Å². The molecule has 1 aliphatic heterocycles. The van der Waals surface area contributed by atoms with Gasteiger partial charge in [0.15, 0.2) is 17.3 Å². The fourth-order valence-electron chi connectivity index (χ4n) is 3.80. The Labute approximate surface area is 204 Å². The van der Waals surface area contributed by atoms with Gasteiger partial charge in [-0.15, -0.1) is 10.2 Å². The van der Waals surface area contributed by atoms with E-state index in [1.54, 1.807) is 26.4 Å². The second-order valence-electron chi connectivity index (χ2n) is 7.94. The van der Waals surface area contributed by atoms with Gasteiger partial charge in [0.05, 0.1) is 25.5 Å². The number of nitrogens with one attached hydrogen (secondary N) is 1. The Kier molecular flexibility index (Phi) is 7.13. The minimum atomic E-state index is -4.85. The maximum Gasteiger partial charge on any atom is 0.419 e. The number of benzene rings is 2. The van der Waals surface area contributed by atoms with Crippen molar-refractivity contribution in [3.63, 3.8) is 0 Å². The molecule has 1 aliphatic rings. The van der Waals surface area contributed by atoms with E-state index in [2.05, 4.69) is 15.5 Å². The van der Waals surface area contributed by atoms with E-state index in [0.29, 0.717) is 61.3 Å². The molecule has 1 N–H and O–H groups in total. The smallest absolute Gasteiger partial charge is 0.419 e. The molecule has 0 radical (unpaired) electrons. The quantitative estimate of drug-likeness (QED) is 0.508. The van der Waals surface area contributed by atoms with Crippen LogP contribution in [0, 0.1) is 5.82 Å². The summed E-state index contributed by atoms with van der Waals surface area (Å²) in [5, 5.41) is 11.0. The summed E-state index contributed by atoms with van der Waals surface area (Å²) in [7, 11) is 3.11. The topological polar surface area (TPSA) is 79.8 Å². The standard InChI is InChI=1S/C24H23F4N5O3/c1-35-20-7-3-15(13-21(20)36-2)19-6-8-22(31-30-19)32-9-11-33(12-10-32)23(34)29-16-4-5-18(25)17(14-16)24(26,27)28/h3-8,13-14H,9-12H2,1-2H3,(H,29,34). The predicted octanol–water partition coefficient (Wildman–Crippen LogP) is 4.67. The molecule has 0 saturated carbocycles. The molecular formula is C24H23F4N5O3. The van der Waals surface area contributed by atoms with Crippen molar-refractivity contribution in [2.24, 2.45) is 0 Å². The lowest BCUT2D eigenvalue weighted by atomic mass is 10.1. The number of halogens is 4. The molecule has 2 heterocycles. The Bertz CT molecular complexity index is 1230. The van der Waals surface area contributed by atoms with Crippen LogP contribution >= 0.6 is 0 Å². The first-order valence-electron chi connectivity index (χ1n) is 10.9. The van der Waals surface area contributed by atoms with Gasteiger partial charge in [-0.3, -0.25) is 0 Å². The van der Waals surface area contributed by atoms with E-state index in [1.165, 1.54) is 4.90 Å². The number of hydrogen-bond donors (Lipinski definition) is 1. The highest BCUT2D eigenvalue weighted by Crippen LogP contribution is 2.33. The van der Waals surface area contributed by atoms with Gasteiger partial charge in [-0.25, -0.2) is 9.18 Å². The number of aromatic nitrogens is 2. The molecule has 3 aromatic rings. The molecule has 190 valence electrons. The molecule has 12 heteroatoms. The Morgan fingerprint density at radius 2 is 1.64 bits per heavy atom. The second-order valence-corrected chi connectivity index (χ2v) is 7.94. The fraction of sp³-hybridized carbons (Fsp3) is 0.292. The summed E-state index contributed by atoms with van der Waals surface area (Å²) in [6, 6.07) is 10.9. The Hall–Kier alpha value is -4.09. The third-order valence-corrected chi connectivity index (χ3v) is 5.74. The average Bonchev–Trinajstić information content (AvgIpc) is 2.89. The van der Waals surface area contributed by atoms with Crippen molar-refractivity contribution in [2.75, 3.05) is 50.6 Å². The van der Waals surface area contributed by atoms with Gasteiger partial charge in [-0.1, -0.05) is 0 Å². The van der Waals surface area contributed by atoms with Gasteiger partial charge in [-0.05, 0) is 48.5 Å². The largest absolute Gasteiger partial charge is 0.493 e. The lowest BCUT2D eigenvalue weighted by Gasteiger charge is -2.35. The van der Waals surface area contributed by atoms with Gasteiger partial charge in [0.25, 0.3) is 0 Å². The molecule has 36 heavy (non-hydrogen) atoms. The number of hydrogen-bond acceptors (Lipinski definition) is 6. The van der Waals surface area contributed by atoms with E-state index < -0.39 is 23.6 Å². The number of piperazine rings is 1. The lowest BCUT2D eigenvalue weighted by Crippen LogP contribution is -2.50. The molecule has 1 saturated heterocycles. The zero-order chi connectivity index (χ0) is 25.9. The van der Waals surface area contributed by atoms with Crippen LogP contribution < -0.4 is 19.7 Å². The van der Waals surface area contributed by atoms with Crippen LogP contribution in [0.2, 0.25) is 0 Å². The molecule has 0 spiro atoms. The van der Waals surface area contributed by atoms with Crippen LogP contribution in [-0.4, -0.2) is 61.5 Å². The number of nitrogens with zero attached hydrogens (tertiary/aromatic N) is 4. The summed E-state index contributed by atoms with van der Waals surface area (Å²) < 4.78 is 62.8. The predicted molar refractivity (Wildman–Crippen MR) is 125 cm³/mol. The first-order chi connectivity index (χ1) is 17.2. The van der Waals surface area contributed by atoms with E-state index in [0.717, 1.165) is 11.6 Å². The highest BCUT2D eigenvalue weighted by atomic mass is 19.4. The SMILES string of the molecule is COc1ccc(-c2ccc(N3CCN(C(=O)Nc4ccc(F)c(C(F)(F)F)c4)CC3)nn2)cc1OC. The zero-order valence-corrected chi connectivity index (χ0v) is 19.5.